The second kappa shape index (κ2) is 4.81. The van der Waals surface area contributed by atoms with Crippen LogP contribution in [0.15, 0.2) is 6.20 Å². The molecule has 4 bridgehead atoms. The number of hydrogen-bond acceptors (Lipinski definition) is 4. The fourth-order valence-corrected chi connectivity index (χ4v) is 5.24. The number of nitrogens with zero attached hydrogens (tertiary/aromatic N) is 3. The van der Waals surface area contributed by atoms with Gasteiger partial charge in [-0.15, -0.1) is 5.10 Å². The molecule has 1 aromatic heterocycles. The molecule has 1 heterocycles. The predicted molar refractivity (Wildman–Crippen MR) is 74.9 cm³/mol. The molecule has 0 saturated heterocycles. The summed E-state index contributed by atoms with van der Waals surface area (Å²) in [7, 11) is 0. The van der Waals surface area contributed by atoms with Crippen molar-refractivity contribution in [3.63, 3.8) is 0 Å². The topological polar surface area (TPSA) is 63.0 Å². The third kappa shape index (κ3) is 2.27. The second-order valence-electron chi connectivity index (χ2n) is 7.25. The van der Waals surface area contributed by atoms with Crippen molar-refractivity contribution in [2.75, 3.05) is 6.61 Å². The molecule has 5 heteroatoms. The molecule has 4 saturated carbocycles. The summed E-state index contributed by atoms with van der Waals surface area (Å²) < 4.78 is 1.72. The molecule has 5 nitrogen and oxygen atoms in total. The zero-order chi connectivity index (χ0) is 13.6. The van der Waals surface area contributed by atoms with E-state index in [0.29, 0.717) is 12.1 Å². The van der Waals surface area contributed by atoms with Crippen molar-refractivity contribution in [3.8, 4) is 0 Å². The van der Waals surface area contributed by atoms with Gasteiger partial charge in [0.2, 0.25) is 0 Å². The van der Waals surface area contributed by atoms with Crippen molar-refractivity contribution in [1.29, 1.82) is 0 Å². The molecule has 4 aliphatic rings. The number of aliphatic hydroxyl groups is 1. The van der Waals surface area contributed by atoms with Gasteiger partial charge in [0.25, 0.3) is 0 Å². The summed E-state index contributed by atoms with van der Waals surface area (Å²) in [6, 6.07) is 0. The number of aliphatic hydroxyl groups excluding tert-OH is 1. The van der Waals surface area contributed by atoms with E-state index >= 15 is 0 Å². The summed E-state index contributed by atoms with van der Waals surface area (Å²) in [5.41, 5.74) is 1.38. The van der Waals surface area contributed by atoms with Crippen molar-refractivity contribution in [1.82, 2.24) is 20.3 Å². The first kappa shape index (κ1) is 12.8. The smallest absolute Gasteiger partial charge is 0.0965 e. The van der Waals surface area contributed by atoms with Crippen LogP contribution in [0.3, 0.4) is 0 Å². The lowest BCUT2D eigenvalue weighted by Crippen LogP contribution is -2.58. The van der Waals surface area contributed by atoms with Crippen molar-refractivity contribution in [3.05, 3.63) is 11.9 Å². The Morgan fingerprint density at radius 1 is 1.20 bits per heavy atom. The molecule has 5 rings (SSSR count). The van der Waals surface area contributed by atoms with Gasteiger partial charge in [-0.2, -0.15) is 0 Å². The maximum atomic E-state index is 8.91. The summed E-state index contributed by atoms with van der Waals surface area (Å²) in [5.74, 6) is 2.91. The van der Waals surface area contributed by atoms with Crippen LogP contribution in [0, 0.1) is 17.8 Å². The highest BCUT2D eigenvalue weighted by Gasteiger charge is 2.50. The van der Waals surface area contributed by atoms with Crippen molar-refractivity contribution >= 4 is 0 Å². The molecule has 4 aliphatic carbocycles. The van der Waals surface area contributed by atoms with Gasteiger partial charge in [-0.1, -0.05) is 5.21 Å². The molecule has 20 heavy (non-hydrogen) atoms. The van der Waals surface area contributed by atoms with Crippen LogP contribution in [0.25, 0.3) is 0 Å². The third-order valence-electron chi connectivity index (χ3n) is 5.60. The van der Waals surface area contributed by atoms with Gasteiger partial charge in [0.05, 0.1) is 18.8 Å². The Bertz CT molecular complexity index is 449. The lowest BCUT2D eigenvalue weighted by atomic mass is 9.53. The van der Waals surface area contributed by atoms with E-state index < -0.39 is 0 Å². The quantitative estimate of drug-likeness (QED) is 0.851. The lowest BCUT2D eigenvalue weighted by Gasteiger charge is -2.57. The molecule has 0 amide bonds. The van der Waals surface area contributed by atoms with Crippen molar-refractivity contribution in [2.24, 2.45) is 17.8 Å². The van der Waals surface area contributed by atoms with Crippen LogP contribution in [-0.4, -0.2) is 32.2 Å². The molecule has 0 aromatic carbocycles. The van der Waals surface area contributed by atoms with Crippen LogP contribution in [0.5, 0.6) is 0 Å². The van der Waals surface area contributed by atoms with E-state index in [1.165, 1.54) is 38.5 Å². The van der Waals surface area contributed by atoms with Crippen LogP contribution < -0.4 is 5.32 Å². The minimum atomic E-state index is 0.116. The number of hydrogen-bond donors (Lipinski definition) is 2. The Balaban J connectivity index is 1.41. The van der Waals surface area contributed by atoms with Gasteiger partial charge < -0.3 is 10.4 Å². The molecule has 110 valence electrons. The average molecular weight is 276 g/mol. The molecule has 0 radical (unpaired) electrons. The van der Waals surface area contributed by atoms with E-state index in [1.807, 2.05) is 6.20 Å². The zero-order valence-electron chi connectivity index (χ0n) is 12.0. The highest BCUT2D eigenvalue weighted by molar-refractivity contribution is 5.07. The summed E-state index contributed by atoms with van der Waals surface area (Å²) in [5, 5.41) is 21.0. The van der Waals surface area contributed by atoms with Gasteiger partial charge in [0.15, 0.2) is 0 Å². The molecule has 1 aromatic rings. The summed E-state index contributed by atoms with van der Waals surface area (Å²) in [4.78, 5) is 0. The van der Waals surface area contributed by atoms with E-state index in [1.54, 1.807) is 4.68 Å². The number of nitrogens with one attached hydrogen (secondary N) is 1. The van der Waals surface area contributed by atoms with Crippen molar-refractivity contribution in [2.45, 2.75) is 57.2 Å². The standard InChI is InChI=1S/C15H24N4O/c20-2-1-19-10-14(17-18-19)9-16-15-6-11-3-12(7-15)5-13(4-11)8-15/h10-13,16,20H,1-9H2. The second-order valence-corrected chi connectivity index (χ2v) is 7.25. The summed E-state index contributed by atoms with van der Waals surface area (Å²) >= 11 is 0. The fraction of sp³-hybridized carbons (Fsp3) is 0.867. The normalized spacial score (nSPS) is 38.5. The Kier molecular flexibility index (Phi) is 3.07. The Labute approximate surface area is 119 Å². The van der Waals surface area contributed by atoms with Gasteiger partial charge in [-0.05, 0) is 56.3 Å². The van der Waals surface area contributed by atoms with Gasteiger partial charge in [-0.3, -0.25) is 0 Å². The first-order valence-corrected chi connectivity index (χ1v) is 7.99. The van der Waals surface area contributed by atoms with Gasteiger partial charge in [0, 0.05) is 18.3 Å². The minimum Gasteiger partial charge on any atom is -0.394 e. The minimum absolute atomic E-state index is 0.116. The van der Waals surface area contributed by atoms with Gasteiger partial charge >= 0.3 is 0 Å². The van der Waals surface area contributed by atoms with E-state index in [2.05, 4.69) is 15.6 Å². The number of aromatic nitrogens is 3. The average Bonchev–Trinajstić information content (AvgIpc) is 2.83. The molecule has 0 aliphatic heterocycles. The van der Waals surface area contributed by atoms with Crippen LogP contribution in [0.1, 0.15) is 44.2 Å². The first-order valence-electron chi connectivity index (χ1n) is 7.99. The zero-order valence-corrected chi connectivity index (χ0v) is 12.0. The van der Waals surface area contributed by atoms with Crippen LogP contribution in [0.4, 0.5) is 0 Å². The van der Waals surface area contributed by atoms with Gasteiger partial charge in [0.1, 0.15) is 0 Å². The highest BCUT2D eigenvalue weighted by atomic mass is 16.3. The molecular formula is C15H24N4O. The molecule has 4 fully saturated rings. The van der Waals surface area contributed by atoms with E-state index in [4.69, 9.17) is 5.11 Å². The SMILES string of the molecule is OCCn1cc(CNC23CC4CC(CC(C4)C2)C3)nn1. The van der Waals surface area contributed by atoms with Crippen LogP contribution in [0.2, 0.25) is 0 Å². The van der Waals surface area contributed by atoms with E-state index in [0.717, 1.165) is 30.0 Å². The lowest BCUT2D eigenvalue weighted by molar-refractivity contribution is -0.0207. The Morgan fingerprint density at radius 2 is 1.85 bits per heavy atom. The fourth-order valence-electron chi connectivity index (χ4n) is 5.24. The monoisotopic (exact) mass is 276 g/mol. The third-order valence-corrected chi connectivity index (χ3v) is 5.60. The largest absolute Gasteiger partial charge is 0.394 e. The molecule has 0 unspecified atom stereocenters. The highest BCUT2D eigenvalue weighted by Crippen LogP contribution is 2.55. The van der Waals surface area contributed by atoms with E-state index in [9.17, 15) is 0 Å². The maximum Gasteiger partial charge on any atom is 0.0965 e. The van der Waals surface area contributed by atoms with Crippen molar-refractivity contribution < 1.29 is 5.11 Å². The number of rotatable bonds is 5. The predicted octanol–water partition coefficient (Wildman–Crippen LogP) is 1.33. The van der Waals surface area contributed by atoms with Gasteiger partial charge in [-0.25, -0.2) is 4.68 Å². The first-order chi connectivity index (χ1) is 9.75. The molecule has 0 atom stereocenters. The molecule has 2 N–H and O–H groups in total. The van der Waals surface area contributed by atoms with E-state index in [-0.39, 0.29) is 6.61 Å². The Hall–Kier alpha value is -0.940. The van der Waals surface area contributed by atoms with Crippen LogP contribution in [-0.2, 0) is 13.1 Å². The summed E-state index contributed by atoms with van der Waals surface area (Å²) in [6.45, 7) is 1.47. The molecule has 0 spiro atoms. The van der Waals surface area contributed by atoms with Crippen LogP contribution >= 0.6 is 0 Å². The Morgan fingerprint density at radius 3 is 2.45 bits per heavy atom. The maximum absolute atomic E-state index is 8.91. The summed E-state index contributed by atoms with van der Waals surface area (Å²) in [6.07, 6.45) is 10.5. The molecular weight excluding hydrogens is 252 g/mol.